The highest BCUT2D eigenvalue weighted by Crippen LogP contribution is 2.15. The van der Waals surface area contributed by atoms with E-state index in [1.165, 1.54) is 12.1 Å². The van der Waals surface area contributed by atoms with Crippen LogP contribution in [0.2, 0.25) is 5.02 Å². The number of piperazine rings is 1. The molecule has 1 aliphatic heterocycles. The van der Waals surface area contributed by atoms with Gasteiger partial charge >= 0.3 is 0 Å². The van der Waals surface area contributed by atoms with Crippen molar-refractivity contribution in [2.45, 2.75) is 0 Å². The van der Waals surface area contributed by atoms with Crippen molar-refractivity contribution in [3.8, 4) is 0 Å². The Morgan fingerprint density at radius 3 is 2.41 bits per heavy atom. The molecule has 0 aromatic heterocycles. The number of rotatable bonds is 4. The van der Waals surface area contributed by atoms with Gasteiger partial charge in [0.05, 0.1) is 6.54 Å². The van der Waals surface area contributed by atoms with Gasteiger partial charge in [0.25, 0.3) is 0 Å². The molecular formula is C19H20ClFN4OS. The van der Waals surface area contributed by atoms with E-state index in [4.69, 9.17) is 23.8 Å². The molecule has 1 heterocycles. The second-order valence-corrected chi connectivity index (χ2v) is 7.08. The number of nitrogens with zero attached hydrogens (tertiary/aromatic N) is 2. The highest BCUT2D eigenvalue weighted by Gasteiger charge is 2.20. The van der Waals surface area contributed by atoms with Gasteiger partial charge in [0.2, 0.25) is 5.91 Å². The first-order valence-electron chi connectivity index (χ1n) is 8.59. The molecule has 1 aliphatic rings. The Bertz CT molecular complexity index is 810. The van der Waals surface area contributed by atoms with Crippen molar-refractivity contribution in [2.75, 3.05) is 43.4 Å². The van der Waals surface area contributed by atoms with Crippen molar-refractivity contribution in [2.24, 2.45) is 0 Å². The molecule has 27 heavy (non-hydrogen) atoms. The Morgan fingerprint density at radius 2 is 1.74 bits per heavy atom. The average Bonchev–Trinajstić information content (AvgIpc) is 2.64. The molecule has 2 aromatic carbocycles. The molecule has 142 valence electrons. The lowest BCUT2D eigenvalue weighted by Gasteiger charge is -2.35. The topological polar surface area (TPSA) is 47.6 Å². The fourth-order valence-electron chi connectivity index (χ4n) is 2.81. The van der Waals surface area contributed by atoms with Crippen LogP contribution in [0.15, 0.2) is 48.5 Å². The smallest absolute Gasteiger partial charge is 0.238 e. The minimum atomic E-state index is -0.372. The van der Waals surface area contributed by atoms with Crippen molar-refractivity contribution in [3.05, 3.63) is 59.4 Å². The number of halogens is 2. The van der Waals surface area contributed by atoms with E-state index in [-0.39, 0.29) is 18.3 Å². The van der Waals surface area contributed by atoms with Crippen LogP contribution in [0.4, 0.5) is 15.8 Å². The highest BCUT2D eigenvalue weighted by atomic mass is 35.5. The predicted octanol–water partition coefficient (Wildman–Crippen LogP) is 3.43. The molecule has 1 saturated heterocycles. The molecule has 1 amide bonds. The molecule has 0 saturated carbocycles. The number of amides is 1. The SMILES string of the molecule is O=C(CN1CCN(C(=S)Nc2ccc(Cl)cc2)CC1)Nc1cccc(F)c1. The van der Waals surface area contributed by atoms with Crippen LogP contribution in [0.25, 0.3) is 0 Å². The van der Waals surface area contributed by atoms with Gasteiger partial charge < -0.3 is 15.5 Å². The maximum Gasteiger partial charge on any atom is 0.238 e. The Labute approximate surface area is 168 Å². The van der Waals surface area contributed by atoms with E-state index in [0.717, 1.165) is 31.9 Å². The Kier molecular flexibility index (Phi) is 6.60. The van der Waals surface area contributed by atoms with Crippen LogP contribution in [0, 0.1) is 5.82 Å². The summed E-state index contributed by atoms with van der Waals surface area (Å²) in [4.78, 5) is 16.3. The van der Waals surface area contributed by atoms with Crippen molar-refractivity contribution in [1.29, 1.82) is 0 Å². The van der Waals surface area contributed by atoms with Gasteiger partial charge in [0.1, 0.15) is 5.82 Å². The van der Waals surface area contributed by atoms with Crippen molar-refractivity contribution >= 4 is 46.2 Å². The van der Waals surface area contributed by atoms with Gasteiger partial charge in [-0.15, -0.1) is 0 Å². The lowest BCUT2D eigenvalue weighted by atomic mass is 10.3. The third-order valence-electron chi connectivity index (χ3n) is 4.23. The van der Waals surface area contributed by atoms with E-state index in [9.17, 15) is 9.18 Å². The highest BCUT2D eigenvalue weighted by molar-refractivity contribution is 7.80. The monoisotopic (exact) mass is 406 g/mol. The number of nitrogens with one attached hydrogen (secondary N) is 2. The van der Waals surface area contributed by atoms with Gasteiger partial charge in [-0.2, -0.15) is 0 Å². The number of benzene rings is 2. The molecule has 2 N–H and O–H groups in total. The standard InChI is InChI=1S/C19H20ClFN4OS/c20-14-4-6-16(7-5-14)23-19(27)25-10-8-24(9-11-25)13-18(26)22-17-3-1-2-15(21)12-17/h1-7,12H,8-11,13H2,(H,22,26)(H,23,27). The van der Waals surface area contributed by atoms with E-state index < -0.39 is 0 Å². The average molecular weight is 407 g/mol. The number of hydrogen-bond donors (Lipinski definition) is 2. The summed E-state index contributed by atoms with van der Waals surface area (Å²) in [5.41, 5.74) is 1.35. The molecular weight excluding hydrogens is 387 g/mol. The summed E-state index contributed by atoms with van der Waals surface area (Å²) < 4.78 is 13.2. The minimum Gasteiger partial charge on any atom is -0.346 e. The summed E-state index contributed by atoms with van der Waals surface area (Å²) in [6.07, 6.45) is 0. The maximum atomic E-state index is 13.2. The third kappa shape index (κ3) is 5.89. The number of carbonyl (C=O) groups excluding carboxylic acids is 1. The largest absolute Gasteiger partial charge is 0.346 e. The van der Waals surface area contributed by atoms with E-state index in [0.29, 0.717) is 15.8 Å². The summed E-state index contributed by atoms with van der Waals surface area (Å²) in [7, 11) is 0. The first-order valence-corrected chi connectivity index (χ1v) is 9.37. The molecule has 0 atom stereocenters. The van der Waals surface area contributed by atoms with Crippen LogP contribution in [0.3, 0.4) is 0 Å². The number of carbonyl (C=O) groups is 1. The summed E-state index contributed by atoms with van der Waals surface area (Å²) >= 11 is 11.3. The number of thiocarbonyl (C=S) groups is 1. The zero-order valence-electron chi connectivity index (χ0n) is 14.6. The third-order valence-corrected chi connectivity index (χ3v) is 4.84. The zero-order valence-corrected chi connectivity index (χ0v) is 16.2. The van der Waals surface area contributed by atoms with Crippen molar-refractivity contribution < 1.29 is 9.18 Å². The fourth-order valence-corrected chi connectivity index (χ4v) is 3.24. The molecule has 0 spiro atoms. The lowest BCUT2D eigenvalue weighted by molar-refractivity contribution is -0.117. The van der Waals surface area contributed by atoms with E-state index in [1.54, 1.807) is 12.1 Å². The van der Waals surface area contributed by atoms with Gasteiger partial charge in [-0.05, 0) is 54.7 Å². The van der Waals surface area contributed by atoms with Gasteiger partial charge in [0, 0.05) is 42.6 Å². The van der Waals surface area contributed by atoms with Crippen LogP contribution >= 0.6 is 23.8 Å². The van der Waals surface area contributed by atoms with Gasteiger partial charge in [-0.3, -0.25) is 9.69 Å². The normalized spacial score (nSPS) is 14.7. The second-order valence-electron chi connectivity index (χ2n) is 6.26. The van der Waals surface area contributed by atoms with Crippen LogP contribution in [0.1, 0.15) is 0 Å². The molecule has 3 rings (SSSR count). The van der Waals surface area contributed by atoms with Gasteiger partial charge in [-0.1, -0.05) is 17.7 Å². The quantitative estimate of drug-likeness (QED) is 0.762. The van der Waals surface area contributed by atoms with E-state index in [2.05, 4.69) is 20.4 Å². The Balaban J connectivity index is 1.43. The summed E-state index contributed by atoms with van der Waals surface area (Å²) in [6.45, 7) is 3.17. The van der Waals surface area contributed by atoms with Crippen LogP contribution in [-0.4, -0.2) is 53.5 Å². The fraction of sp³-hybridized carbons (Fsp3) is 0.263. The van der Waals surface area contributed by atoms with Gasteiger partial charge in [0.15, 0.2) is 5.11 Å². The first-order chi connectivity index (χ1) is 13.0. The minimum absolute atomic E-state index is 0.157. The van der Waals surface area contributed by atoms with Crippen LogP contribution in [-0.2, 0) is 4.79 Å². The maximum absolute atomic E-state index is 13.2. The van der Waals surface area contributed by atoms with Gasteiger partial charge in [-0.25, -0.2) is 4.39 Å². The van der Waals surface area contributed by atoms with Crippen molar-refractivity contribution in [1.82, 2.24) is 9.80 Å². The molecule has 2 aromatic rings. The van der Waals surface area contributed by atoms with Crippen molar-refractivity contribution in [3.63, 3.8) is 0 Å². The second kappa shape index (κ2) is 9.12. The molecule has 5 nitrogen and oxygen atoms in total. The Morgan fingerprint density at radius 1 is 1.04 bits per heavy atom. The molecule has 8 heteroatoms. The summed E-state index contributed by atoms with van der Waals surface area (Å²) in [5, 5.41) is 7.25. The lowest BCUT2D eigenvalue weighted by Crippen LogP contribution is -2.51. The molecule has 0 aliphatic carbocycles. The van der Waals surface area contributed by atoms with Crippen LogP contribution in [0.5, 0.6) is 0 Å². The summed E-state index contributed by atoms with van der Waals surface area (Å²) in [6, 6.07) is 13.2. The molecule has 0 unspecified atom stereocenters. The number of hydrogen-bond acceptors (Lipinski definition) is 3. The van der Waals surface area contributed by atoms with E-state index >= 15 is 0 Å². The molecule has 0 radical (unpaired) electrons. The zero-order chi connectivity index (χ0) is 19.2. The predicted molar refractivity (Wildman–Crippen MR) is 111 cm³/mol. The van der Waals surface area contributed by atoms with E-state index in [1.807, 2.05) is 24.3 Å². The summed E-state index contributed by atoms with van der Waals surface area (Å²) in [5.74, 6) is -0.529. The Hall–Kier alpha value is -2.22. The molecule has 0 bridgehead atoms. The number of anilines is 2. The molecule has 1 fully saturated rings. The first kappa shape index (κ1) is 19.5. The van der Waals surface area contributed by atoms with Crippen LogP contribution < -0.4 is 10.6 Å².